The van der Waals surface area contributed by atoms with E-state index in [4.69, 9.17) is 4.74 Å². The van der Waals surface area contributed by atoms with Gasteiger partial charge in [-0.1, -0.05) is 49.4 Å². The molecule has 0 aliphatic heterocycles. The number of rotatable bonds is 6. The molecule has 2 heteroatoms. The molecule has 1 saturated carbocycles. The van der Waals surface area contributed by atoms with Gasteiger partial charge in [0.05, 0.1) is 12.7 Å². The number of ether oxygens (including phenoxy) is 1. The number of hydrogen-bond donors (Lipinski definition) is 1. The summed E-state index contributed by atoms with van der Waals surface area (Å²) in [6.07, 6.45) is 9.58. The maximum absolute atomic E-state index is 5.92. The SMILES string of the molecule is CCNC1CCC(OC/C=C/c2ccccc2)CC1. The Kier molecular flexibility index (Phi) is 6.12. The lowest BCUT2D eigenvalue weighted by Crippen LogP contribution is -2.35. The van der Waals surface area contributed by atoms with E-state index < -0.39 is 0 Å². The zero-order valence-corrected chi connectivity index (χ0v) is 11.8. The first-order valence-electron chi connectivity index (χ1n) is 7.45. The van der Waals surface area contributed by atoms with Crippen LogP contribution in [-0.4, -0.2) is 25.3 Å². The molecule has 1 fully saturated rings. The van der Waals surface area contributed by atoms with Crippen molar-refractivity contribution < 1.29 is 4.74 Å². The van der Waals surface area contributed by atoms with E-state index >= 15 is 0 Å². The van der Waals surface area contributed by atoms with Crippen LogP contribution in [0, 0.1) is 0 Å². The quantitative estimate of drug-likeness (QED) is 0.842. The third-order valence-electron chi connectivity index (χ3n) is 3.71. The zero-order chi connectivity index (χ0) is 13.3. The maximum atomic E-state index is 5.92. The molecule has 2 rings (SSSR count). The van der Waals surface area contributed by atoms with E-state index in [-0.39, 0.29) is 0 Å². The van der Waals surface area contributed by atoms with E-state index in [9.17, 15) is 0 Å². The van der Waals surface area contributed by atoms with Crippen molar-refractivity contribution in [1.29, 1.82) is 0 Å². The van der Waals surface area contributed by atoms with Crippen molar-refractivity contribution in [3.8, 4) is 0 Å². The van der Waals surface area contributed by atoms with Gasteiger partial charge in [-0.25, -0.2) is 0 Å². The van der Waals surface area contributed by atoms with Crippen molar-refractivity contribution in [3.63, 3.8) is 0 Å². The second kappa shape index (κ2) is 8.13. The summed E-state index contributed by atoms with van der Waals surface area (Å²) in [7, 11) is 0. The van der Waals surface area contributed by atoms with Crippen molar-refractivity contribution in [2.45, 2.75) is 44.8 Å². The van der Waals surface area contributed by atoms with E-state index in [1.54, 1.807) is 0 Å². The second-order valence-electron chi connectivity index (χ2n) is 5.18. The van der Waals surface area contributed by atoms with Crippen molar-refractivity contribution in [2.75, 3.05) is 13.2 Å². The number of nitrogens with one attached hydrogen (secondary N) is 1. The Morgan fingerprint density at radius 2 is 1.89 bits per heavy atom. The molecule has 0 aromatic heterocycles. The van der Waals surface area contributed by atoms with E-state index in [1.807, 2.05) is 6.07 Å². The highest BCUT2D eigenvalue weighted by atomic mass is 16.5. The van der Waals surface area contributed by atoms with E-state index in [1.165, 1.54) is 31.2 Å². The predicted octanol–water partition coefficient (Wildman–Crippen LogP) is 3.64. The molecular formula is C17H25NO. The largest absolute Gasteiger partial charge is 0.374 e. The molecular weight excluding hydrogens is 234 g/mol. The van der Waals surface area contributed by atoms with Crippen LogP contribution < -0.4 is 5.32 Å². The van der Waals surface area contributed by atoms with E-state index in [2.05, 4.69) is 48.7 Å². The third-order valence-corrected chi connectivity index (χ3v) is 3.71. The minimum atomic E-state index is 0.454. The van der Waals surface area contributed by atoms with Crippen LogP contribution in [0.3, 0.4) is 0 Å². The van der Waals surface area contributed by atoms with Gasteiger partial charge in [-0.15, -0.1) is 0 Å². The molecule has 1 aliphatic carbocycles. The average molecular weight is 259 g/mol. The Labute approximate surface area is 116 Å². The van der Waals surface area contributed by atoms with Gasteiger partial charge in [0.1, 0.15) is 0 Å². The van der Waals surface area contributed by atoms with Gasteiger partial charge in [-0.05, 0) is 37.8 Å². The highest BCUT2D eigenvalue weighted by molar-refractivity contribution is 5.48. The van der Waals surface area contributed by atoms with Crippen LogP contribution >= 0.6 is 0 Å². The average Bonchev–Trinajstić information content (AvgIpc) is 2.47. The van der Waals surface area contributed by atoms with Gasteiger partial charge in [-0.3, -0.25) is 0 Å². The van der Waals surface area contributed by atoms with Crippen LogP contribution in [0.15, 0.2) is 36.4 Å². The summed E-state index contributed by atoms with van der Waals surface area (Å²) in [6, 6.07) is 11.1. The molecule has 104 valence electrons. The summed E-state index contributed by atoms with van der Waals surface area (Å²) in [6.45, 7) is 3.98. The fourth-order valence-electron chi connectivity index (χ4n) is 2.66. The molecule has 0 radical (unpaired) electrons. The van der Waals surface area contributed by atoms with Crippen LogP contribution in [0.5, 0.6) is 0 Å². The van der Waals surface area contributed by atoms with Crippen molar-refractivity contribution >= 4 is 6.08 Å². The van der Waals surface area contributed by atoms with Crippen molar-refractivity contribution in [2.24, 2.45) is 0 Å². The first-order chi connectivity index (χ1) is 9.38. The molecule has 0 bridgehead atoms. The normalized spacial score (nSPS) is 23.8. The van der Waals surface area contributed by atoms with E-state index in [0.717, 1.165) is 13.2 Å². The second-order valence-corrected chi connectivity index (χ2v) is 5.18. The van der Waals surface area contributed by atoms with Crippen molar-refractivity contribution in [1.82, 2.24) is 5.32 Å². The van der Waals surface area contributed by atoms with Crippen molar-refractivity contribution in [3.05, 3.63) is 42.0 Å². The van der Waals surface area contributed by atoms with Gasteiger partial charge in [0.2, 0.25) is 0 Å². The van der Waals surface area contributed by atoms with Gasteiger partial charge >= 0.3 is 0 Å². The molecule has 1 aromatic rings. The van der Waals surface area contributed by atoms with Crippen LogP contribution in [0.25, 0.3) is 6.08 Å². The molecule has 0 amide bonds. The Hall–Kier alpha value is -1.12. The van der Waals surface area contributed by atoms with Crippen LogP contribution in [0.4, 0.5) is 0 Å². The number of hydrogen-bond acceptors (Lipinski definition) is 2. The van der Waals surface area contributed by atoms with Crippen LogP contribution in [-0.2, 0) is 4.74 Å². The summed E-state index contributed by atoms with van der Waals surface area (Å²) in [5.41, 5.74) is 1.24. The molecule has 1 aliphatic rings. The topological polar surface area (TPSA) is 21.3 Å². The molecule has 0 spiro atoms. The fourth-order valence-corrected chi connectivity index (χ4v) is 2.66. The molecule has 0 atom stereocenters. The highest BCUT2D eigenvalue weighted by Gasteiger charge is 2.20. The van der Waals surface area contributed by atoms with Crippen LogP contribution in [0.1, 0.15) is 38.2 Å². The van der Waals surface area contributed by atoms with Crippen LogP contribution in [0.2, 0.25) is 0 Å². The minimum absolute atomic E-state index is 0.454. The first-order valence-corrected chi connectivity index (χ1v) is 7.45. The van der Waals surface area contributed by atoms with E-state index in [0.29, 0.717) is 12.1 Å². The Bertz CT molecular complexity index is 366. The zero-order valence-electron chi connectivity index (χ0n) is 11.8. The smallest absolute Gasteiger partial charge is 0.0654 e. The molecule has 1 aromatic carbocycles. The fraction of sp³-hybridized carbons (Fsp3) is 0.529. The summed E-state index contributed by atoms with van der Waals surface area (Å²) in [5, 5.41) is 3.52. The first kappa shape index (κ1) is 14.3. The Balaban J connectivity index is 1.63. The summed E-state index contributed by atoms with van der Waals surface area (Å²) in [4.78, 5) is 0. The number of benzene rings is 1. The lowest BCUT2D eigenvalue weighted by Gasteiger charge is -2.28. The molecule has 1 N–H and O–H groups in total. The summed E-state index contributed by atoms with van der Waals surface area (Å²) < 4.78 is 5.92. The van der Waals surface area contributed by atoms with Gasteiger partial charge in [0.15, 0.2) is 0 Å². The molecule has 0 unspecified atom stereocenters. The predicted molar refractivity (Wildman–Crippen MR) is 81.1 cm³/mol. The Morgan fingerprint density at radius 1 is 1.16 bits per heavy atom. The summed E-state index contributed by atoms with van der Waals surface area (Å²) in [5.74, 6) is 0. The van der Waals surface area contributed by atoms with Gasteiger partial charge < -0.3 is 10.1 Å². The minimum Gasteiger partial charge on any atom is -0.374 e. The standard InChI is InChI=1S/C17H25NO/c1-2-18-16-10-12-17(13-11-16)19-14-6-9-15-7-4-3-5-8-15/h3-9,16-18H,2,10-14H2,1H3/b9-6+. The third kappa shape index (κ3) is 5.17. The maximum Gasteiger partial charge on any atom is 0.0654 e. The molecule has 2 nitrogen and oxygen atoms in total. The molecule has 0 saturated heterocycles. The summed E-state index contributed by atoms with van der Waals surface area (Å²) >= 11 is 0. The molecule has 19 heavy (non-hydrogen) atoms. The lowest BCUT2D eigenvalue weighted by atomic mass is 9.93. The van der Waals surface area contributed by atoms with Gasteiger partial charge in [0, 0.05) is 6.04 Å². The molecule has 0 heterocycles. The van der Waals surface area contributed by atoms with Gasteiger partial charge in [-0.2, -0.15) is 0 Å². The monoisotopic (exact) mass is 259 g/mol. The van der Waals surface area contributed by atoms with Gasteiger partial charge in [0.25, 0.3) is 0 Å². The highest BCUT2D eigenvalue weighted by Crippen LogP contribution is 2.21. The lowest BCUT2D eigenvalue weighted by molar-refractivity contribution is 0.0400. The Morgan fingerprint density at radius 3 is 2.58 bits per heavy atom.